The molecule has 0 atom stereocenters. The molecule has 0 bridgehead atoms. The molecule has 3 heterocycles. The third-order valence-corrected chi connectivity index (χ3v) is 6.16. The number of aromatic amines is 1. The first-order chi connectivity index (χ1) is 13.5. The fraction of sp³-hybridized carbons (Fsp3) is 0.333. The van der Waals surface area contributed by atoms with Crippen molar-refractivity contribution in [2.45, 2.75) is 38.3 Å². The topological polar surface area (TPSA) is 109 Å². The lowest BCUT2D eigenvalue weighted by Crippen LogP contribution is -2.14. The highest BCUT2D eigenvalue weighted by atomic mass is 32.2. The van der Waals surface area contributed by atoms with Gasteiger partial charge >= 0.3 is 0 Å². The molecule has 4 aromatic rings. The molecule has 1 amide bonds. The summed E-state index contributed by atoms with van der Waals surface area (Å²) in [7, 11) is 0. The Morgan fingerprint density at radius 1 is 1.25 bits per heavy atom. The predicted octanol–water partition coefficient (Wildman–Crippen LogP) is 3.77. The first-order valence-electron chi connectivity index (χ1n) is 8.94. The summed E-state index contributed by atoms with van der Waals surface area (Å²) in [6, 6.07) is 6.23. The van der Waals surface area contributed by atoms with Gasteiger partial charge in [-0.2, -0.15) is 0 Å². The maximum atomic E-state index is 12.2. The van der Waals surface area contributed by atoms with Gasteiger partial charge in [0.25, 0.3) is 0 Å². The highest BCUT2D eigenvalue weighted by molar-refractivity contribution is 7.99. The number of hydrogen-bond donors (Lipinski definition) is 2. The second-order valence-electron chi connectivity index (χ2n) is 6.59. The van der Waals surface area contributed by atoms with Crippen LogP contribution in [-0.2, 0) is 11.2 Å². The number of hydrogen-bond acceptors (Lipinski definition) is 8. The Labute approximate surface area is 169 Å². The van der Waals surface area contributed by atoms with Crippen LogP contribution in [0.15, 0.2) is 23.4 Å². The number of carbonyl (C=O) groups excluding carboxylic acids is 1. The number of nitrogens with zero attached hydrogens (tertiary/aromatic N) is 5. The molecule has 0 aliphatic carbocycles. The summed E-state index contributed by atoms with van der Waals surface area (Å²) in [5, 5.41) is 22.2. The average Bonchev–Trinajstić information content (AvgIpc) is 3.29. The molecule has 0 aliphatic heterocycles. The van der Waals surface area contributed by atoms with Gasteiger partial charge in [-0.15, -0.1) is 20.4 Å². The van der Waals surface area contributed by atoms with E-state index in [0.29, 0.717) is 15.9 Å². The summed E-state index contributed by atoms with van der Waals surface area (Å²) >= 11 is 2.62. The van der Waals surface area contributed by atoms with Crippen LogP contribution in [0.5, 0.6) is 0 Å². The van der Waals surface area contributed by atoms with Gasteiger partial charge < -0.3 is 4.98 Å². The summed E-state index contributed by atoms with van der Waals surface area (Å²) in [5.74, 6) is 0.280. The Morgan fingerprint density at radius 3 is 2.86 bits per heavy atom. The number of rotatable bonds is 6. The number of fused-ring (bicyclic) bond motifs is 3. The van der Waals surface area contributed by atoms with Gasteiger partial charge in [0.1, 0.15) is 10.5 Å². The van der Waals surface area contributed by atoms with Gasteiger partial charge in [-0.1, -0.05) is 49.9 Å². The lowest BCUT2D eigenvalue weighted by molar-refractivity contribution is -0.113. The zero-order chi connectivity index (χ0) is 19.7. The van der Waals surface area contributed by atoms with E-state index in [-0.39, 0.29) is 17.6 Å². The zero-order valence-electron chi connectivity index (χ0n) is 15.7. The molecule has 0 aliphatic rings. The van der Waals surface area contributed by atoms with Crippen molar-refractivity contribution < 1.29 is 4.79 Å². The normalized spacial score (nSPS) is 11.6. The predicted molar refractivity (Wildman–Crippen MR) is 112 cm³/mol. The van der Waals surface area contributed by atoms with Gasteiger partial charge in [-0.3, -0.25) is 10.1 Å². The van der Waals surface area contributed by atoms with Crippen molar-refractivity contribution in [1.29, 1.82) is 0 Å². The zero-order valence-corrected chi connectivity index (χ0v) is 17.3. The molecule has 1 aromatic carbocycles. The fourth-order valence-electron chi connectivity index (χ4n) is 2.69. The lowest BCUT2D eigenvalue weighted by Gasteiger charge is -2.00. The van der Waals surface area contributed by atoms with E-state index in [1.807, 2.05) is 19.9 Å². The quantitative estimate of drug-likeness (QED) is 0.463. The molecule has 0 saturated heterocycles. The summed E-state index contributed by atoms with van der Waals surface area (Å²) in [4.78, 5) is 19.9. The molecule has 0 fully saturated rings. The minimum Gasteiger partial charge on any atom is -0.338 e. The van der Waals surface area contributed by atoms with E-state index in [4.69, 9.17) is 0 Å². The van der Waals surface area contributed by atoms with E-state index in [0.717, 1.165) is 27.8 Å². The van der Waals surface area contributed by atoms with Crippen molar-refractivity contribution in [1.82, 2.24) is 30.4 Å². The molecule has 0 radical (unpaired) electrons. The Hall–Kier alpha value is -2.59. The van der Waals surface area contributed by atoms with E-state index in [9.17, 15) is 4.79 Å². The van der Waals surface area contributed by atoms with Crippen molar-refractivity contribution in [3.8, 4) is 0 Å². The fourth-order valence-corrected chi connectivity index (χ4v) is 4.04. The van der Waals surface area contributed by atoms with Gasteiger partial charge in [0.05, 0.1) is 5.75 Å². The Kier molecular flexibility index (Phi) is 5.23. The van der Waals surface area contributed by atoms with Crippen molar-refractivity contribution >= 4 is 56.2 Å². The Balaban J connectivity index is 1.45. The molecule has 0 saturated carbocycles. The van der Waals surface area contributed by atoms with Crippen LogP contribution in [0.1, 0.15) is 37.3 Å². The summed E-state index contributed by atoms with van der Waals surface area (Å²) in [6.45, 7) is 6.19. The van der Waals surface area contributed by atoms with Crippen LogP contribution in [0.3, 0.4) is 0 Å². The standard InChI is InChI=1S/C18H19N7OS2/c1-4-10-5-6-12-11(7-10)14-15(19-12)21-17(24-22-14)27-8-13(26)20-18-25-23-16(28-18)9(2)3/h5-7,9H,4,8H2,1-3H3,(H,19,21,24)(H,20,25,26). The van der Waals surface area contributed by atoms with Gasteiger partial charge in [0.2, 0.25) is 16.2 Å². The molecular weight excluding hydrogens is 394 g/mol. The molecule has 10 heteroatoms. The third kappa shape index (κ3) is 3.83. The number of anilines is 1. The van der Waals surface area contributed by atoms with E-state index < -0.39 is 0 Å². The largest absolute Gasteiger partial charge is 0.338 e. The minimum atomic E-state index is -0.176. The highest BCUT2D eigenvalue weighted by Crippen LogP contribution is 2.25. The van der Waals surface area contributed by atoms with E-state index in [1.165, 1.54) is 28.7 Å². The summed E-state index contributed by atoms with van der Waals surface area (Å²) in [6.07, 6.45) is 0.958. The van der Waals surface area contributed by atoms with Crippen molar-refractivity contribution in [3.05, 3.63) is 28.8 Å². The molecule has 0 unspecified atom stereocenters. The number of benzene rings is 1. The molecule has 2 N–H and O–H groups in total. The number of H-pyrrole nitrogens is 1. The number of amides is 1. The monoisotopic (exact) mass is 413 g/mol. The molecule has 144 valence electrons. The van der Waals surface area contributed by atoms with Crippen LogP contribution < -0.4 is 5.32 Å². The lowest BCUT2D eigenvalue weighted by atomic mass is 10.1. The first kappa shape index (κ1) is 18.8. The van der Waals surface area contributed by atoms with Crippen molar-refractivity contribution in [2.24, 2.45) is 0 Å². The second-order valence-corrected chi connectivity index (χ2v) is 8.54. The van der Waals surface area contributed by atoms with E-state index >= 15 is 0 Å². The van der Waals surface area contributed by atoms with Gasteiger partial charge in [0, 0.05) is 16.8 Å². The van der Waals surface area contributed by atoms with Crippen LogP contribution in [0, 0.1) is 0 Å². The minimum absolute atomic E-state index is 0.171. The number of aromatic nitrogens is 6. The molecule has 0 spiro atoms. The van der Waals surface area contributed by atoms with Gasteiger partial charge in [0.15, 0.2) is 5.65 Å². The first-order valence-corrected chi connectivity index (χ1v) is 10.7. The third-order valence-electron chi connectivity index (χ3n) is 4.18. The van der Waals surface area contributed by atoms with Crippen LogP contribution in [-0.4, -0.2) is 42.0 Å². The molecule has 8 nitrogen and oxygen atoms in total. The van der Waals surface area contributed by atoms with E-state index in [1.54, 1.807) is 0 Å². The maximum absolute atomic E-state index is 12.2. The van der Waals surface area contributed by atoms with Crippen LogP contribution >= 0.6 is 23.1 Å². The number of thioether (sulfide) groups is 1. The number of carbonyl (C=O) groups is 1. The number of nitrogens with one attached hydrogen (secondary N) is 2. The number of aryl methyl sites for hydroxylation is 1. The Bertz CT molecular complexity index is 1150. The van der Waals surface area contributed by atoms with Crippen molar-refractivity contribution in [2.75, 3.05) is 11.1 Å². The molecule has 3 aromatic heterocycles. The SMILES string of the molecule is CCc1ccc2[nH]c3nc(SCC(=O)Nc4nnc(C(C)C)s4)nnc3c2c1. The highest BCUT2D eigenvalue weighted by Gasteiger charge is 2.13. The van der Waals surface area contributed by atoms with Crippen LogP contribution in [0.2, 0.25) is 0 Å². The Morgan fingerprint density at radius 2 is 2.11 bits per heavy atom. The maximum Gasteiger partial charge on any atom is 0.236 e. The average molecular weight is 414 g/mol. The summed E-state index contributed by atoms with van der Waals surface area (Å²) < 4.78 is 0. The van der Waals surface area contributed by atoms with Crippen LogP contribution in [0.4, 0.5) is 5.13 Å². The van der Waals surface area contributed by atoms with Crippen LogP contribution in [0.25, 0.3) is 22.1 Å². The summed E-state index contributed by atoms with van der Waals surface area (Å²) in [5.41, 5.74) is 3.63. The molecule has 4 rings (SSSR count). The smallest absolute Gasteiger partial charge is 0.236 e. The molecule has 28 heavy (non-hydrogen) atoms. The molecular formula is C18H19N7OS2. The van der Waals surface area contributed by atoms with Gasteiger partial charge in [-0.25, -0.2) is 4.98 Å². The second kappa shape index (κ2) is 7.80. The van der Waals surface area contributed by atoms with E-state index in [2.05, 4.69) is 54.7 Å². The van der Waals surface area contributed by atoms with Gasteiger partial charge in [-0.05, 0) is 24.1 Å². The van der Waals surface area contributed by atoms with Crippen molar-refractivity contribution in [3.63, 3.8) is 0 Å².